The van der Waals surface area contributed by atoms with Gasteiger partial charge in [0, 0.05) is 28.4 Å². The molecule has 1 aromatic rings. The molecule has 1 aliphatic heterocycles. The van der Waals surface area contributed by atoms with E-state index in [4.69, 9.17) is 0 Å². The fourth-order valence-corrected chi connectivity index (χ4v) is 5.13. The third kappa shape index (κ3) is 1.45. The second-order valence-corrected chi connectivity index (χ2v) is 7.32. The number of rotatable bonds is 0. The number of carbonyl (C=O) groups excluding carboxylic acids is 1. The summed E-state index contributed by atoms with van der Waals surface area (Å²) in [6.45, 7) is 0. The summed E-state index contributed by atoms with van der Waals surface area (Å²) in [7, 11) is 0. The normalized spacial score (nSPS) is 36.2. The van der Waals surface area contributed by atoms with Gasteiger partial charge < -0.3 is 5.32 Å². The zero-order valence-corrected chi connectivity index (χ0v) is 12.6. The van der Waals surface area contributed by atoms with Gasteiger partial charge in [0.15, 0.2) is 0 Å². The van der Waals surface area contributed by atoms with Gasteiger partial charge in [0.25, 0.3) is 0 Å². The van der Waals surface area contributed by atoms with E-state index >= 15 is 0 Å². The van der Waals surface area contributed by atoms with E-state index in [0.717, 1.165) is 30.2 Å². The highest BCUT2D eigenvalue weighted by molar-refractivity contribution is 9.10. The highest BCUT2D eigenvalue weighted by Crippen LogP contribution is 2.61. The first-order chi connectivity index (χ1) is 9.15. The molecule has 1 heterocycles. The molecule has 0 spiro atoms. The quantitative estimate of drug-likeness (QED) is 0.777. The van der Waals surface area contributed by atoms with Crippen LogP contribution in [0, 0.1) is 0 Å². The largest absolute Gasteiger partial charge is 0.378 e. The molecule has 100 valence electrons. The molecule has 0 amide bonds. The molecule has 2 atom stereocenters. The van der Waals surface area contributed by atoms with Gasteiger partial charge in [-0.1, -0.05) is 28.8 Å². The van der Waals surface area contributed by atoms with Crippen LogP contribution in [0.2, 0.25) is 0 Å². The number of Topliss-reactive ketones (excluding diaryl/α,β-unsaturated/α-hetero) is 1. The predicted molar refractivity (Wildman–Crippen MR) is 79.5 cm³/mol. The first kappa shape index (κ1) is 12.0. The maximum absolute atomic E-state index is 12.0. The van der Waals surface area contributed by atoms with Crippen molar-refractivity contribution in [3.05, 3.63) is 28.2 Å². The zero-order valence-electron chi connectivity index (χ0n) is 11.0. The molecule has 0 aromatic heterocycles. The van der Waals surface area contributed by atoms with Crippen LogP contribution in [0.15, 0.2) is 22.7 Å². The van der Waals surface area contributed by atoms with E-state index in [1.807, 2.05) is 0 Å². The summed E-state index contributed by atoms with van der Waals surface area (Å²) >= 11 is 3.61. The number of nitrogens with one attached hydrogen (secondary N) is 1. The number of ketones is 1. The maximum atomic E-state index is 12.0. The van der Waals surface area contributed by atoms with Gasteiger partial charge in [-0.25, -0.2) is 0 Å². The molecule has 1 N–H and O–H groups in total. The topological polar surface area (TPSA) is 29.1 Å². The van der Waals surface area contributed by atoms with Gasteiger partial charge in [0.2, 0.25) is 0 Å². The van der Waals surface area contributed by atoms with Gasteiger partial charge in [-0.3, -0.25) is 4.79 Å². The van der Waals surface area contributed by atoms with Crippen LogP contribution in [-0.2, 0) is 10.2 Å². The van der Waals surface area contributed by atoms with E-state index in [1.165, 1.54) is 30.5 Å². The minimum atomic E-state index is 0.0176. The summed E-state index contributed by atoms with van der Waals surface area (Å²) < 4.78 is 1.15. The van der Waals surface area contributed by atoms with Gasteiger partial charge in [0.05, 0.1) is 5.54 Å². The number of fused-ring (bicyclic) bond motifs is 1. The SMILES string of the molecule is O=C1CC[C@@]23CCCC[C@]2(C1)Nc1ccc(Br)cc13. The summed E-state index contributed by atoms with van der Waals surface area (Å²) in [5, 5.41) is 3.76. The first-order valence-corrected chi connectivity index (χ1v) is 8.05. The van der Waals surface area contributed by atoms with Crippen molar-refractivity contribution >= 4 is 27.4 Å². The Kier molecular flexibility index (Phi) is 2.42. The van der Waals surface area contributed by atoms with Crippen LogP contribution >= 0.6 is 15.9 Å². The standard InChI is InChI=1S/C16H18BrNO/c17-11-3-4-14-13(9-11)15-6-1-2-7-16(15,18-14)10-12(19)5-8-15/h3-4,9,18H,1-2,5-8,10H2/t15-,16-/m1/s1. The van der Waals surface area contributed by atoms with Gasteiger partial charge >= 0.3 is 0 Å². The predicted octanol–water partition coefficient (Wildman–Crippen LogP) is 4.18. The number of anilines is 1. The van der Waals surface area contributed by atoms with Crippen molar-refractivity contribution in [3.8, 4) is 0 Å². The first-order valence-electron chi connectivity index (χ1n) is 7.25. The van der Waals surface area contributed by atoms with Crippen molar-refractivity contribution in [1.82, 2.24) is 0 Å². The highest BCUT2D eigenvalue weighted by atomic mass is 79.9. The molecule has 2 aliphatic carbocycles. The summed E-state index contributed by atoms with van der Waals surface area (Å²) in [5.74, 6) is 0.442. The van der Waals surface area contributed by atoms with Crippen molar-refractivity contribution in [2.24, 2.45) is 0 Å². The highest BCUT2D eigenvalue weighted by Gasteiger charge is 2.60. The van der Waals surface area contributed by atoms with E-state index in [1.54, 1.807) is 0 Å². The number of hydrogen-bond acceptors (Lipinski definition) is 2. The second kappa shape index (κ2) is 3.85. The van der Waals surface area contributed by atoms with Crippen molar-refractivity contribution < 1.29 is 4.79 Å². The molecular formula is C16H18BrNO. The van der Waals surface area contributed by atoms with Gasteiger partial charge in [-0.15, -0.1) is 0 Å². The van der Waals surface area contributed by atoms with E-state index < -0.39 is 0 Å². The van der Waals surface area contributed by atoms with E-state index in [-0.39, 0.29) is 11.0 Å². The van der Waals surface area contributed by atoms with Crippen LogP contribution < -0.4 is 5.32 Å². The lowest BCUT2D eigenvalue weighted by molar-refractivity contribution is -0.124. The van der Waals surface area contributed by atoms with Gasteiger partial charge in [-0.05, 0) is 43.0 Å². The van der Waals surface area contributed by atoms with Crippen molar-refractivity contribution in [2.45, 2.75) is 55.9 Å². The second-order valence-electron chi connectivity index (χ2n) is 6.40. The molecule has 2 saturated carbocycles. The Labute approximate surface area is 122 Å². The Bertz CT molecular complexity index is 570. The number of hydrogen-bond donors (Lipinski definition) is 1. The van der Waals surface area contributed by atoms with Crippen molar-refractivity contribution in [3.63, 3.8) is 0 Å². The molecular weight excluding hydrogens is 302 g/mol. The number of carbonyl (C=O) groups is 1. The Hall–Kier alpha value is -0.830. The Balaban J connectivity index is 1.92. The molecule has 3 aliphatic rings. The molecule has 2 nitrogen and oxygen atoms in total. The number of halogens is 1. The summed E-state index contributed by atoms with van der Waals surface area (Å²) in [5.41, 5.74) is 2.94. The van der Waals surface area contributed by atoms with Crippen LogP contribution in [0.25, 0.3) is 0 Å². The Morgan fingerprint density at radius 1 is 1.16 bits per heavy atom. The van der Waals surface area contributed by atoms with Crippen LogP contribution in [0.1, 0.15) is 50.5 Å². The lowest BCUT2D eigenvalue weighted by Gasteiger charge is -2.52. The van der Waals surface area contributed by atoms with E-state index in [9.17, 15) is 4.79 Å². The number of benzene rings is 1. The molecule has 4 rings (SSSR count). The molecule has 0 radical (unpaired) electrons. The molecule has 1 aromatic carbocycles. The van der Waals surface area contributed by atoms with Gasteiger partial charge in [0.1, 0.15) is 5.78 Å². The lowest BCUT2D eigenvalue weighted by Crippen LogP contribution is -2.58. The third-order valence-electron chi connectivity index (χ3n) is 5.57. The van der Waals surface area contributed by atoms with E-state index in [0.29, 0.717) is 5.78 Å². The van der Waals surface area contributed by atoms with Crippen LogP contribution in [0.3, 0.4) is 0 Å². The maximum Gasteiger partial charge on any atom is 0.135 e. The van der Waals surface area contributed by atoms with E-state index in [2.05, 4.69) is 39.4 Å². The molecule has 19 heavy (non-hydrogen) atoms. The van der Waals surface area contributed by atoms with Crippen LogP contribution in [-0.4, -0.2) is 11.3 Å². The molecule has 0 saturated heterocycles. The van der Waals surface area contributed by atoms with Crippen LogP contribution in [0.4, 0.5) is 5.69 Å². The fourth-order valence-electron chi connectivity index (χ4n) is 4.76. The van der Waals surface area contributed by atoms with Crippen LogP contribution in [0.5, 0.6) is 0 Å². The zero-order chi connectivity index (χ0) is 13.1. The average Bonchev–Trinajstić information content (AvgIpc) is 2.68. The summed E-state index contributed by atoms with van der Waals surface area (Å²) in [4.78, 5) is 12.0. The summed E-state index contributed by atoms with van der Waals surface area (Å²) in [6, 6.07) is 6.56. The smallest absolute Gasteiger partial charge is 0.135 e. The fraction of sp³-hybridized carbons (Fsp3) is 0.562. The van der Waals surface area contributed by atoms with Crippen molar-refractivity contribution in [1.29, 1.82) is 0 Å². The average molecular weight is 320 g/mol. The monoisotopic (exact) mass is 319 g/mol. The van der Waals surface area contributed by atoms with Gasteiger partial charge in [-0.2, -0.15) is 0 Å². The molecule has 0 unspecified atom stereocenters. The summed E-state index contributed by atoms with van der Waals surface area (Å²) in [6.07, 6.45) is 7.43. The Morgan fingerprint density at radius 2 is 2.00 bits per heavy atom. The minimum absolute atomic E-state index is 0.0176. The van der Waals surface area contributed by atoms with Crippen molar-refractivity contribution in [2.75, 3.05) is 5.32 Å². The molecule has 2 fully saturated rings. The minimum Gasteiger partial charge on any atom is -0.378 e. The third-order valence-corrected chi connectivity index (χ3v) is 6.07. The molecule has 3 heteroatoms. The Morgan fingerprint density at radius 3 is 2.89 bits per heavy atom. The lowest BCUT2D eigenvalue weighted by atomic mass is 9.54. The molecule has 0 bridgehead atoms.